The van der Waals surface area contributed by atoms with Crippen molar-refractivity contribution in [3.63, 3.8) is 0 Å². The van der Waals surface area contributed by atoms with Crippen molar-refractivity contribution in [3.05, 3.63) is 21.7 Å². The Hall–Kier alpha value is -1.56. The number of aliphatic carboxylic acids is 1. The van der Waals surface area contributed by atoms with Crippen LogP contribution in [0.15, 0.2) is 10.5 Å². The van der Waals surface area contributed by atoms with Crippen LogP contribution in [0.2, 0.25) is 0 Å². The summed E-state index contributed by atoms with van der Waals surface area (Å²) in [5.41, 5.74) is 0.0994. The molecule has 0 fully saturated rings. The number of ketones is 1. The predicted octanol–water partition coefficient (Wildman–Crippen LogP) is 1.44. The van der Waals surface area contributed by atoms with Crippen molar-refractivity contribution in [2.24, 2.45) is 0 Å². The summed E-state index contributed by atoms with van der Waals surface area (Å²) in [6.45, 7) is 1.46. The average Bonchev–Trinajstić information content (AvgIpc) is 2.14. The summed E-state index contributed by atoms with van der Waals surface area (Å²) >= 11 is 2.86. The van der Waals surface area contributed by atoms with E-state index in [-0.39, 0.29) is 15.6 Å². The van der Waals surface area contributed by atoms with Crippen molar-refractivity contribution in [2.75, 3.05) is 0 Å². The van der Waals surface area contributed by atoms with E-state index in [0.29, 0.717) is 0 Å². The maximum Gasteiger partial charge on any atom is 0.377 e. The van der Waals surface area contributed by atoms with Gasteiger partial charge in [0.1, 0.15) is 0 Å². The summed E-state index contributed by atoms with van der Waals surface area (Å²) in [6, 6.07) is 1.12. The normalized spacial score (nSPS) is 10.0. The maximum atomic E-state index is 11.2. The summed E-state index contributed by atoms with van der Waals surface area (Å²) in [5, 5.41) is 27.0. The molecule has 1 aromatic carbocycles. The number of carboxylic acids is 1. The zero-order chi connectivity index (χ0) is 11.7. The lowest BCUT2D eigenvalue weighted by Crippen LogP contribution is -2.14. The Morgan fingerprint density at radius 3 is 2.33 bits per heavy atom. The van der Waals surface area contributed by atoms with E-state index >= 15 is 0 Å². The smallest absolute Gasteiger partial charge is 0.377 e. The largest absolute Gasteiger partial charge is 0.504 e. The number of aryl methyl sites for hydroxylation is 1. The molecule has 80 valence electrons. The SMILES string of the molecule is Cc1cc(O)c(O)c(Br)c1C(=O)C(=O)O. The highest BCUT2D eigenvalue weighted by molar-refractivity contribution is 9.10. The molecular formula is C9H7BrO5. The van der Waals surface area contributed by atoms with E-state index < -0.39 is 23.3 Å². The molecule has 0 radical (unpaired) electrons. The Labute approximate surface area is 93.1 Å². The van der Waals surface area contributed by atoms with Gasteiger partial charge in [0.25, 0.3) is 5.78 Å². The zero-order valence-electron chi connectivity index (χ0n) is 7.61. The van der Waals surface area contributed by atoms with Crippen LogP contribution < -0.4 is 0 Å². The lowest BCUT2D eigenvalue weighted by molar-refractivity contribution is -0.131. The van der Waals surface area contributed by atoms with Crippen molar-refractivity contribution in [2.45, 2.75) is 6.92 Å². The number of rotatable bonds is 2. The minimum Gasteiger partial charge on any atom is -0.504 e. The average molecular weight is 275 g/mol. The number of phenols is 2. The van der Waals surface area contributed by atoms with Crippen molar-refractivity contribution in [3.8, 4) is 11.5 Å². The Morgan fingerprint density at radius 1 is 1.33 bits per heavy atom. The molecule has 1 rings (SSSR count). The summed E-state index contributed by atoms with van der Waals surface area (Å²) in [6.07, 6.45) is 0. The van der Waals surface area contributed by atoms with Crippen molar-refractivity contribution < 1.29 is 24.9 Å². The molecule has 0 aliphatic heterocycles. The van der Waals surface area contributed by atoms with Crippen LogP contribution in [0.1, 0.15) is 15.9 Å². The molecule has 0 amide bonds. The first kappa shape index (κ1) is 11.5. The first-order chi connectivity index (χ1) is 6.86. The van der Waals surface area contributed by atoms with Gasteiger partial charge < -0.3 is 15.3 Å². The molecule has 0 heterocycles. The fourth-order valence-electron chi connectivity index (χ4n) is 1.14. The van der Waals surface area contributed by atoms with Crippen LogP contribution in [0.3, 0.4) is 0 Å². The summed E-state index contributed by atoms with van der Waals surface area (Å²) in [7, 11) is 0. The number of halogens is 1. The van der Waals surface area contributed by atoms with Crippen LogP contribution in [0.5, 0.6) is 11.5 Å². The Morgan fingerprint density at radius 2 is 1.87 bits per heavy atom. The number of hydrogen-bond acceptors (Lipinski definition) is 4. The van der Waals surface area contributed by atoms with E-state index in [1.54, 1.807) is 0 Å². The Bertz CT molecular complexity index is 452. The third kappa shape index (κ3) is 1.94. The highest BCUT2D eigenvalue weighted by Crippen LogP contribution is 2.38. The van der Waals surface area contributed by atoms with Crippen LogP contribution in [0, 0.1) is 6.92 Å². The second-order valence-corrected chi connectivity index (χ2v) is 3.68. The van der Waals surface area contributed by atoms with Crippen LogP contribution in [-0.4, -0.2) is 27.1 Å². The Kier molecular flexibility index (Phi) is 2.99. The van der Waals surface area contributed by atoms with Gasteiger partial charge in [-0.1, -0.05) is 0 Å². The number of hydrogen-bond donors (Lipinski definition) is 3. The van der Waals surface area contributed by atoms with E-state index in [2.05, 4.69) is 15.9 Å². The fraction of sp³-hybridized carbons (Fsp3) is 0.111. The number of phenolic OH excluding ortho intramolecular Hbond substituents is 2. The molecule has 0 saturated carbocycles. The van der Waals surface area contributed by atoms with Gasteiger partial charge in [-0.05, 0) is 34.5 Å². The van der Waals surface area contributed by atoms with E-state index in [0.717, 1.165) is 6.07 Å². The quantitative estimate of drug-likeness (QED) is 0.431. The highest BCUT2D eigenvalue weighted by Gasteiger charge is 2.23. The third-order valence-corrected chi connectivity index (χ3v) is 2.61. The lowest BCUT2D eigenvalue weighted by Gasteiger charge is -2.08. The van der Waals surface area contributed by atoms with E-state index in [9.17, 15) is 19.8 Å². The summed E-state index contributed by atoms with van der Waals surface area (Å²) in [5.74, 6) is -3.73. The monoisotopic (exact) mass is 274 g/mol. The van der Waals surface area contributed by atoms with Gasteiger partial charge in [-0.25, -0.2) is 4.79 Å². The van der Waals surface area contributed by atoms with Gasteiger partial charge in [-0.2, -0.15) is 0 Å². The number of carboxylic acid groups (broad SMARTS) is 1. The van der Waals surface area contributed by atoms with Crippen molar-refractivity contribution >= 4 is 27.7 Å². The van der Waals surface area contributed by atoms with Gasteiger partial charge in [0, 0.05) is 0 Å². The molecule has 0 bridgehead atoms. The minimum absolute atomic E-state index is 0.118. The maximum absolute atomic E-state index is 11.2. The second kappa shape index (κ2) is 3.90. The van der Waals surface area contributed by atoms with E-state index in [1.807, 2.05) is 0 Å². The van der Waals surface area contributed by atoms with Gasteiger partial charge in [0.05, 0.1) is 10.0 Å². The minimum atomic E-state index is -1.62. The van der Waals surface area contributed by atoms with E-state index in [4.69, 9.17) is 5.11 Å². The molecule has 15 heavy (non-hydrogen) atoms. The van der Waals surface area contributed by atoms with Crippen LogP contribution in [0.4, 0.5) is 0 Å². The number of benzene rings is 1. The molecule has 3 N–H and O–H groups in total. The molecule has 0 saturated heterocycles. The molecular weight excluding hydrogens is 268 g/mol. The third-order valence-electron chi connectivity index (χ3n) is 1.84. The molecule has 0 atom stereocenters. The van der Waals surface area contributed by atoms with Crippen molar-refractivity contribution in [1.82, 2.24) is 0 Å². The first-order valence-corrected chi connectivity index (χ1v) is 4.64. The molecule has 0 unspecified atom stereocenters. The van der Waals surface area contributed by atoms with Crippen LogP contribution in [-0.2, 0) is 4.79 Å². The predicted molar refractivity (Wildman–Crippen MR) is 54.2 cm³/mol. The number of aromatic hydroxyl groups is 2. The molecule has 6 heteroatoms. The fourth-order valence-corrected chi connectivity index (χ4v) is 1.83. The lowest BCUT2D eigenvalue weighted by atomic mass is 10.0. The van der Waals surface area contributed by atoms with Gasteiger partial charge in [-0.15, -0.1) is 0 Å². The number of carbonyl (C=O) groups is 2. The van der Waals surface area contributed by atoms with Crippen LogP contribution in [0.25, 0.3) is 0 Å². The number of Topliss-reactive ketones (excluding diaryl/α,β-unsaturated/α-hetero) is 1. The highest BCUT2D eigenvalue weighted by atomic mass is 79.9. The van der Waals surface area contributed by atoms with Crippen LogP contribution >= 0.6 is 15.9 Å². The summed E-state index contributed by atoms with van der Waals surface area (Å²) in [4.78, 5) is 21.7. The summed E-state index contributed by atoms with van der Waals surface area (Å²) < 4.78 is -0.118. The van der Waals surface area contributed by atoms with Gasteiger partial charge in [0.15, 0.2) is 11.5 Å². The molecule has 0 aliphatic rings. The molecule has 0 aromatic heterocycles. The van der Waals surface area contributed by atoms with Gasteiger partial charge in [-0.3, -0.25) is 4.79 Å². The second-order valence-electron chi connectivity index (χ2n) is 2.88. The molecule has 5 nitrogen and oxygen atoms in total. The molecule has 0 aliphatic carbocycles. The van der Waals surface area contributed by atoms with Crippen molar-refractivity contribution in [1.29, 1.82) is 0 Å². The molecule has 1 aromatic rings. The molecule has 0 spiro atoms. The van der Waals surface area contributed by atoms with Gasteiger partial charge >= 0.3 is 5.97 Å². The zero-order valence-corrected chi connectivity index (χ0v) is 9.20. The number of carbonyl (C=O) groups excluding carboxylic acids is 1. The van der Waals surface area contributed by atoms with Gasteiger partial charge in [0.2, 0.25) is 0 Å². The van der Waals surface area contributed by atoms with E-state index in [1.165, 1.54) is 6.92 Å². The first-order valence-electron chi connectivity index (χ1n) is 3.85. The Balaban J connectivity index is 3.49. The topological polar surface area (TPSA) is 94.8 Å². The standard InChI is InChI=1S/C9H7BrO5/c1-3-2-4(11)7(12)6(10)5(3)8(13)9(14)15/h2,11-12H,1H3,(H,14,15).